The van der Waals surface area contributed by atoms with E-state index in [2.05, 4.69) is 33.9 Å². The summed E-state index contributed by atoms with van der Waals surface area (Å²) in [7, 11) is -0.508. The number of ether oxygens (including phenoxy) is 8. The second kappa shape index (κ2) is 19.8. The van der Waals surface area contributed by atoms with Crippen LogP contribution in [0.5, 0.6) is 5.75 Å². The standard InChI is InChI=1S/C45H60O10Si/c1-45(2,3)56(5,6)55-41-27-40-43(31-51-44(54-40)34-19-21-35(47-4)22-20-34)52-36(41)18-13-25-49-38-26-39(50-29-33-16-11-8-12-17-33)42(53-37(38)23-24-46)30-48-28-32-14-9-7-10-15-32/h7-17,19-22,24-25,36-44H,18,23,26-31H2,1-6H3/b25-13+/t36-,37+,38-,39+,40-,41+,42-,43+,44+/m0/s1. The molecule has 3 aromatic carbocycles. The minimum Gasteiger partial charge on any atom is -0.497 e. The van der Waals surface area contributed by atoms with Crippen LogP contribution >= 0.6 is 0 Å². The summed E-state index contributed by atoms with van der Waals surface area (Å²) in [5, 5.41) is 0.0215. The van der Waals surface area contributed by atoms with Crippen LogP contribution in [-0.2, 0) is 55.6 Å². The molecule has 10 nitrogen and oxygen atoms in total. The molecule has 0 bridgehead atoms. The van der Waals surface area contributed by atoms with Crippen LogP contribution in [0.25, 0.3) is 0 Å². The Hall–Kier alpha value is -3.39. The highest BCUT2D eigenvalue weighted by Crippen LogP contribution is 2.42. The number of hydrogen-bond acceptors (Lipinski definition) is 10. The number of benzene rings is 3. The van der Waals surface area contributed by atoms with E-state index in [1.54, 1.807) is 13.4 Å². The zero-order valence-electron chi connectivity index (χ0n) is 33.8. The summed E-state index contributed by atoms with van der Waals surface area (Å²) in [5.74, 6) is 0.783. The third-order valence-corrected chi connectivity index (χ3v) is 15.9. The Balaban J connectivity index is 1.11. The van der Waals surface area contributed by atoms with E-state index in [1.807, 2.05) is 91.0 Å². The molecular weight excluding hydrogens is 729 g/mol. The molecule has 0 saturated carbocycles. The van der Waals surface area contributed by atoms with E-state index >= 15 is 0 Å². The van der Waals surface area contributed by atoms with E-state index in [9.17, 15) is 4.79 Å². The lowest BCUT2D eigenvalue weighted by Gasteiger charge is -2.48. The maximum atomic E-state index is 11.8. The van der Waals surface area contributed by atoms with Crippen molar-refractivity contribution in [3.05, 3.63) is 114 Å². The number of carbonyl (C=O) groups is 1. The molecule has 0 spiro atoms. The molecule has 3 fully saturated rings. The van der Waals surface area contributed by atoms with E-state index in [1.165, 1.54) is 0 Å². The Labute approximate surface area is 333 Å². The van der Waals surface area contributed by atoms with Gasteiger partial charge >= 0.3 is 0 Å². The smallest absolute Gasteiger partial charge is 0.192 e. The SMILES string of the molecule is COc1ccc([C@@H]2OC[C@H]3O[C@@H](C/C=C/O[C@H]4C[C@@H](OCc5ccccc5)[C@H](COCc5ccccc5)O[C@@H]4CC=O)[C@H](O[Si](C)(C)C(C)(C)C)C[C@@H]3O2)cc1. The third kappa shape index (κ3) is 11.4. The van der Waals surface area contributed by atoms with Gasteiger partial charge in [-0.2, -0.15) is 0 Å². The van der Waals surface area contributed by atoms with E-state index < -0.39 is 26.8 Å². The minimum atomic E-state index is -2.16. The summed E-state index contributed by atoms with van der Waals surface area (Å²) in [6.07, 6.45) is 3.80. The zero-order valence-corrected chi connectivity index (χ0v) is 34.8. The van der Waals surface area contributed by atoms with Gasteiger partial charge < -0.3 is 47.1 Å². The number of hydrogen-bond donors (Lipinski definition) is 0. The summed E-state index contributed by atoms with van der Waals surface area (Å²) in [6.45, 7) is 12.9. The lowest BCUT2D eigenvalue weighted by molar-refractivity contribution is -0.300. The fourth-order valence-corrected chi connectivity index (χ4v) is 8.47. The van der Waals surface area contributed by atoms with E-state index in [0.717, 1.165) is 28.7 Å². The molecule has 0 aliphatic carbocycles. The zero-order chi connectivity index (χ0) is 39.5. The predicted octanol–water partition coefficient (Wildman–Crippen LogP) is 8.49. The van der Waals surface area contributed by atoms with Crippen LogP contribution in [0.3, 0.4) is 0 Å². The number of methoxy groups -OCH3 is 1. The Morgan fingerprint density at radius 2 is 1.43 bits per heavy atom. The second-order valence-electron chi connectivity index (χ2n) is 16.4. The van der Waals surface area contributed by atoms with Gasteiger partial charge in [0.05, 0.1) is 64.2 Å². The van der Waals surface area contributed by atoms with Crippen molar-refractivity contribution < 1.29 is 47.1 Å². The van der Waals surface area contributed by atoms with Gasteiger partial charge in [-0.25, -0.2) is 0 Å². The highest BCUT2D eigenvalue weighted by Gasteiger charge is 2.47. The first-order valence-electron chi connectivity index (χ1n) is 19.9. The molecule has 3 aromatic rings. The molecule has 56 heavy (non-hydrogen) atoms. The lowest BCUT2D eigenvalue weighted by atomic mass is 9.95. The van der Waals surface area contributed by atoms with E-state index in [0.29, 0.717) is 45.7 Å². The van der Waals surface area contributed by atoms with Crippen molar-refractivity contribution in [3.8, 4) is 5.75 Å². The maximum absolute atomic E-state index is 11.8. The van der Waals surface area contributed by atoms with Crippen molar-refractivity contribution in [2.75, 3.05) is 20.3 Å². The second-order valence-corrected chi connectivity index (χ2v) is 21.2. The summed E-state index contributed by atoms with van der Waals surface area (Å²) in [6, 6.07) is 27.9. The van der Waals surface area contributed by atoms with Crippen molar-refractivity contribution >= 4 is 14.6 Å². The molecule has 0 unspecified atom stereocenters. The molecule has 3 aliphatic heterocycles. The first-order valence-corrected chi connectivity index (χ1v) is 22.8. The first-order chi connectivity index (χ1) is 27.0. The van der Waals surface area contributed by atoms with Crippen LogP contribution in [-0.4, -0.2) is 83.8 Å². The van der Waals surface area contributed by atoms with E-state index in [-0.39, 0.29) is 48.1 Å². The molecule has 6 rings (SSSR count). The predicted molar refractivity (Wildman–Crippen MR) is 216 cm³/mol. The summed E-state index contributed by atoms with van der Waals surface area (Å²) in [5.41, 5.74) is 3.08. The van der Waals surface area contributed by atoms with Gasteiger partial charge in [0.25, 0.3) is 0 Å². The van der Waals surface area contributed by atoms with Gasteiger partial charge in [0.1, 0.15) is 36.5 Å². The van der Waals surface area contributed by atoms with Crippen LogP contribution in [0, 0.1) is 0 Å². The van der Waals surface area contributed by atoms with Crippen LogP contribution in [0.4, 0.5) is 0 Å². The topological polar surface area (TPSA) is 100 Å². The first kappa shape index (κ1) is 42.2. The van der Waals surface area contributed by atoms with Gasteiger partial charge in [-0.1, -0.05) is 93.6 Å². The number of rotatable bonds is 17. The Morgan fingerprint density at radius 1 is 0.750 bits per heavy atom. The molecule has 0 N–H and O–H groups in total. The van der Waals surface area contributed by atoms with Gasteiger partial charge in [0, 0.05) is 24.8 Å². The molecule has 0 radical (unpaired) electrons. The normalized spacial score (nSPS) is 28.4. The number of carbonyl (C=O) groups excluding carboxylic acids is 1. The summed E-state index contributed by atoms with van der Waals surface area (Å²) in [4.78, 5) is 11.8. The fourth-order valence-electron chi connectivity index (χ4n) is 7.12. The van der Waals surface area contributed by atoms with Gasteiger partial charge in [-0.3, -0.25) is 0 Å². The Bertz CT molecular complexity index is 1650. The van der Waals surface area contributed by atoms with Crippen molar-refractivity contribution in [2.45, 2.75) is 133 Å². The highest BCUT2D eigenvalue weighted by molar-refractivity contribution is 6.74. The monoisotopic (exact) mass is 788 g/mol. The maximum Gasteiger partial charge on any atom is 0.192 e. The quantitative estimate of drug-likeness (QED) is 0.0753. The molecule has 9 atom stereocenters. The number of aldehydes is 1. The molecule has 11 heteroatoms. The number of fused-ring (bicyclic) bond motifs is 1. The van der Waals surface area contributed by atoms with Crippen LogP contribution in [0.15, 0.2) is 97.3 Å². The molecule has 3 aliphatic rings. The Morgan fingerprint density at radius 3 is 2.09 bits per heavy atom. The largest absolute Gasteiger partial charge is 0.497 e. The molecular formula is C45H60O10Si. The molecule has 304 valence electrons. The molecule has 3 heterocycles. The van der Waals surface area contributed by atoms with Crippen LogP contribution in [0.1, 0.15) is 69.4 Å². The minimum absolute atomic E-state index is 0.0215. The average Bonchev–Trinajstić information content (AvgIpc) is 3.20. The lowest BCUT2D eigenvalue weighted by Crippen LogP contribution is -2.57. The summed E-state index contributed by atoms with van der Waals surface area (Å²) < 4.78 is 57.3. The molecule has 0 aromatic heterocycles. The van der Waals surface area contributed by atoms with Crippen molar-refractivity contribution in [1.29, 1.82) is 0 Å². The average molecular weight is 789 g/mol. The van der Waals surface area contributed by atoms with Gasteiger partial charge in [0.2, 0.25) is 0 Å². The van der Waals surface area contributed by atoms with Crippen LogP contribution in [0.2, 0.25) is 18.1 Å². The van der Waals surface area contributed by atoms with Crippen molar-refractivity contribution in [1.82, 2.24) is 0 Å². The Kier molecular flexibility index (Phi) is 15.0. The third-order valence-electron chi connectivity index (χ3n) is 11.4. The molecule has 0 amide bonds. The summed E-state index contributed by atoms with van der Waals surface area (Å²) >= 11 is 0. The van der Waals surface area contributed by atoms with E-state index in [4.69, 9.17) is 42.3 Å². The highest BCUT2D eigenvalue weighted by atomic mass is 28.4. The fraction of sp³-hybridized carbons (Fsp3) is 0.533. The van der Waals surface area contributed by atoms with Gasteiger partial charge in [-0.15, -0.1) is 0 Å². The van der Waals surface area contributed by atoms with Gasteiger partial charge in [0.15, 0.2) is 14.6 Å². The van der Waals surface area contributed by atoms with Crippen molar-refractivity contribution in [2.24, 2.45) is 0 Å². The van der Waals surface area contributed by atoms with Gasteiger partial charge in [-0.05, 0) is 53.9 Å². The molecule has 3 saturated heterocycles. The van der Waals surface area contributed by atoms with Crippen molar-refractivity contribution in [3.63, 3.8) is 0 Å². The van der Waals surface area contributed by atoms with Crippen LogP contribution < -0.4 is 4.74 Å².